The zero-order valence-corrected chi connectivity index (χ0v) is 15.8. The van der Waals surface area contributed by atoms with E-state index in [2.05, 4.69) is 96.3 Å². The van der Waals surface area contributed by atoms with Gasteiger partial charge in [0, 0.05) is 12.8 Å². The second-order valence-electron chi connectivity index (χ2n) is 5.74. The van der Waals surface area contributed by atoms with Gasteiger partial charge in [-0.2, -0.15) is 0 Å². The number of hydrogen-bond acceptors (Lipinski definition) is 2. The summed E-state index contributed by atoms with van der Waals surface area (Å²) < 4.78 is -0.301. The summed E-state index contributed by atoms with van der Waals surface area (Å²) in [5.74, 6) is 0.754. The summed E-state index contributed by atoms with van der Waals surface area (Å²) in [6.45, 7) is 0. The monoisotopic (exact) mass is 363 g/mol. The van der Waals surface area contributed by atoms with E-state index in [0.717, 1.165) is 10.7 Å². The van der Waals surface area contributed by atoms with E-state index < -0.39 is 0 Å². The Balaban J connectivity index is 2.22. The van der Waals surface area contributed by atoms with Gasteiger partial charge in [-0.15, -0.1) is 11.8 Å². The summed E-state index contributed by atoms with van der Waals surface area (Å²) in [6.07, 6.45) is 0. The van der Waals surface area contributed by atoms with Gasteiger partial charge in [0.2, 0.25) is 0 Å². The first-order valence-corrected chi connectivity index (χ1v) is 9.68. The van der Waals surface area contributed by atoms with Crippen LogP contribution in [-0.2, 0) is 4.75 Å². The molecule has 0 radical (unpaired) electrons. The fourth-order valence-electron chi connectivity index (χ4n) is 3.01. The Morgan fingerprint density at radius 2 is 1.12 bits per heavy atom. The van der Waals surface area contributed by atoms with Crippen LogP contribution in [0.15, 0.2) is 91.0 Å². The molecule has 0 aliphatic rings. The molecule has 3 aromatic carbocycles. The molecule has 0 aromatic heterocycles. The smallest absolute Gasteiger partial charge is 0.0911 e. The largest absolute Gasteiger partial charge is 0.382 e. The predicted octanol–water partition coefficient (Wildman–Crippen LogP) is 5.26. The number of benzene rings is 3. The first-order chi connectivity index (χ1) is 12.3. The highest BCUT2D eigenvalue weighted by Crippen LogP contribution is 2.48. The van der Waals surface area contributed by atoms with Gasteiger partial charge in [0.25, 0.3) is 0 Å². The number of rotatable bonds is 6. The van der Waals surface area contributed by atoms with Crippen LogP contribution in [0.5, 0.6) is 0 Å². The van der Waals surface area contributed by atoms with Gasteiger partial charge in [0.1, 0.15) is 0 Å². The molecule has 0 spiro atoms. The van der Waals surface area contributed by atoms with E-state index >= 15 is 0 Å². The molecule has 126 valence electrons. The highest BCUT2D eigenvalue weighted by molar-refractivity contribution is 8.02. The van der Waals surface area contributed by atoms with Crippen molar-refractivity contribution < 1.29 is 0 Å². The lowest BCUT2D eigenvalue weighted by Gasteiger charge is -2.35. The van der Waals surface area contributed by atoms with E-state index in [4.69, 9.17) is 12.2 Å². The molecular formula is C22H21NS2. The third-order valence-electron chi connectivity index (χ3n) is 4.24. The van der Waals surface area contributed by atoms with Crippen LogP contribution in [0.1, 0.15) is 16.7 Å². The Morgan fingerprint density at radius 3 is 1.44 bits per heavy atom. The minimum Gasteiger partial charge on any atom is -0.382 e. The van der Waals surface area contributed by atoms with Crippen LogP contribution in [0, 0.1) is 0 Å². The maximum Gasteiger partial charge on any atom is 0.0911 e. The predicted molar refractivity (Wildman–Crippen MR) is 113 cm³/mol. The molecule has 25 heavy (non-hydrogen) atoms. The first-order valence-electron chi connectivity index (χ1n) is 8.28. The standard InChI is InChI=1S/C22H21NS2/c1-23-21(24)17-25-22(18-11-5-2-6-12-18,19-13-7-3-8-14-19)20-15-9-4-10-16-20/h2-16H,17H2,1H3,(H,23,24). The van der Waals surface area contributed by atoms with Gasteiger partial charge in [-0.1, -0.05) is 103 Å². The molecular weight excluding hydrogens is 342 g/mol. The third-order valence-corrected chi connectivity index (χ3v) is 6.34. The second kappa shape index (κ2) is 8.32. The fourth-order valence-corrected chi connectivity index (χ4v) is 4.59. The first kappa shape index (κ1) is 17.7. The molecule has 0 amide bonds. The van der Waals surface area contributed by atoms with Crippen LogP contribution >= 0.6 is 24.0 Å². The maximum atomic E-state index is 5.44. The van der Waals surface area contributed by atoms with Crippen LogP contribution in [-0.4, -0.2) is 17.8 Å². The lowest BCUT2D eigenvalue weighted by Crippen LogP contribution is -2.29. The summed E-state index contributed by atoms with van der Waals surface area (Å²) >= 11 is 7.30. The van der Waals surface area contributed by atoms with Crippen molar-refractivity contribution in [2.24, 2.45) is 0 Å². The minimum absolute atomic E-state index is 0.301. The average Bonchev–Trinajstić information content (AvgIpc) is 2.71. The molecule has 0 heterocycles. The van der Waals surface area contributed by atoms with Crippen molar-refractivity contribution in [2.75, 3.05) is 12.8 Å². The second-order valence-corrected chi connectivity index (χ2v) is 7.42. The van der Waals surface area contributed by atoms with Crippen molar-refractivity contribution in [1.29, 1.82) is 0 Å². The molecule has 0 atom stereocenters. The highest BCUT2D eigenvalue weighted by Gasteiger charge is 2.36. The van der Waals surface area contributed by atoms with Crippen LogP contribution in [0.4, 0.5) is 0 Å². The molecule has 3 aromatic rings. The lowest BCUT2D eigenvalue weighted by atomic mass is 9.84. The Bertz CT molecular complexity index is 705. The molecule has 3 rings (SSSR count). The quantitative estimate of drug-likeness (QED) is 0.474. The molecule has 0 saturated carbocycles. The van der Waals surface area contributed by atoms with Gasteiger partial charge in [-0.05, 0) is 16.7 Å². The van der Waals surface area contributed by atoms with E-state index in [1.807, 2.05) is 18.8 Å². The van der Waals surface area contributed by atoms with Crippen LogP contribution < -0.4 is 5.32 Å². The normalized spacial score (nSPS) is 11.1. The van der Waals surface area contributed by atoms with E-state index in [1.165, 1.54) is 16.7 Å². The fraction of sp³-hybridized carbons (Fsp3) is 0.136. The zero-order valence-electron chi connectivity index (χ0n) is 14.2. The van der Waals surface area contributed by atoms with Crippen molar-refractivity contribution >= 4 is 29.0 Å². The van der Waals surface area contributed by atoms with Crippen LogP contribution in [0.3, 0.4) is 0 Å². The third kappa shape index (κ3) is 3.78. The number of thioether (sulfide) groups is 1. The van der Waals surface area contributed by atoms with Gasteiger partial charge in [-0.3, -0.25) is 0 Å². The topological polar surface area (TPSA) is 12.0 Å². The molecule has 0 bridgehead atoms. The van der Waals surface area contributed by atoms with Gasteiger partial charge in [0.15, 0.2) is 0 Å². The molecule has 0 aliphatic carbocycles. The molecule has 1 nitrogen and oxygen atoms in total. The minimum atomic E-state index is -0.301. The summed E-state index contributed by atoms with van der Waals surface area (Å²) in [7, 11) is 1.89. The van der Waals surface area contributed by atoms with E-state index in [9.17, 15) is 0 Å². The van der Waals surface area contributed by atoms with Crippen LogP contribution in [0.25, 0.3) is 0 Å². The zero-order chi connectivity index (χ0) is 17.5. The van der Waals surface area contributed by atoms with Gasteiger partial charge in [-0.25, -0.2) is 0 Å². The molecule has 0 fully saturated rings. The Kier molecular flexibility index (Phi) is 5.90. The van der Waals surface area contributed by atoms with Crippen LogP contribution in [0.2, 0.25) is 0 Å². The highest BCUT2D eigenvalue weighted by atomic mass is 32.2. The van der Waals surface area contributed by atoms with E-state index in [1.54, 1.807) is 0 Å². The number of nitrogens with one attached hydrogen (secondary N) is 1. The molecule has 3 heteroatoms. The van der Waals surface area contributed by atoms with Crippen molar-refractivity contribution in [2.45, 2.75) is 4.75 Å². The molecule has 0 saturated heterocycles. The summed E-state index contributed by atoms with van der Waals surface area (Å²) in [6, 6.07) is 32.0. The van der Waals surface area contributed by atoms with E-state index in [0.29, 0.717) is 0 Å². The Hall–Kier alpha value is -2.10. The van der Waals surface area contributed by atoms with Gasteiger partial charge < -0.3 is 5.32 Å². The summed E-state index contributed by atoms with van der Waals surface area (Å²) in [5.41, 5.74) is 3.78. The number of hydrogen-bond donors (Lipinski definition) is 1. The maximum absolute atomic E-state index is 5.44. The Morgan fingerprint density at radius 1 is 0.760 bits per heavy atom. The van der Waals surface area contributed by atoms with Crippen molar-refractivity contribution in [1.82, 2.24) is 5.32 Å². The van der Waals surface area contributed by atoms with Crippen molar-refractivity contribution in [3.63, 3.8) is 0 Å². The number of thiocarbonyl (C=S) groups is 1. The van der Waals surface area contributed by atoms with Crippen molar-refractivity contribution in [3.05, 3.63) is 108 Å². The van der Waals surface area contributed by atoms with Gasteiger partial charge >= 0.3 is 0 Å². The van der Waals surface area contributed by atoms with E-state index in [-0.39, 0.29) is 4.75 Å². The Labute approximate surface area is 159 Å². The lowest BCUT2D eigenvalue weighted by molar-refractivity contribution is 0.897. The van der Waals surface area contributed by atoms with Crippen molar-refractivity contribution in [3.8, 4) is 0 Å². The van der Waals surface area contributed by atoms with Gasteiger partial charge in [0.05, 0.1) is 9.74 Å². The summed E-state index contributed by atoms with van der Waals surface area (Å²) in [4.78, 5) is 0.858. The molecule has 0 aliphatic heterocycles. The summed E-state index contributed by atoms with van der Waals surface area (Å²) in [5, 5.41) is 3.10. The SMILES string of the molecule is CNC(=S)CSC(c1ccccc1)(c1ccccc1)c1ccccc1. The molecule has 0 unspecified atom stereocenters. The average molecular weight is 364 g/mol. The molecule has 1 N–H and O–H groups in total.